The lowest BCUT2D eigenvalue weighted by Crippen LogP contribution is -2.44. The second-order valence-electron chi connectivity index (χ2n) is 4.88. The first-order valence-corrected chi connectivity index (χ1v) is 6.46. The van der Waals surface area contributed by atoms with Crippen LogP contribution in [0.4, 0.5) is 0 Å². The molecule has 2 rings (SSSR count). The molecule has 0 bridgehead atoms. The average molecular weight is 236 g/mol. The fraction of sp³-hybridized carbons (Fsp3) is 0.692. The molecule has 1 aliphatic heterocycles. The maximum atomic E-state index is 12.1. The number of nitrogens with zero attached hydrogens (tertiary/aromatic N) is 1. The summed E-state index contributed by atoms with van der Waals surface area (Å²) in [5.74, 6) is -0.166. The van der Waals surface area contributed by atoms with Crippen LogP contribution in [-0.4, -0.2) is 35.3 Å². The highest BCUT2D eigenvalue weighted by atomic mass is 16.2. The maximum absolute atomic E-state index is 12.1. The normalized spacial score (nSPS) is 26.0. The summed E-state index contributed by atoms with van der Waals surface area (Å²) in [6.45, 7) is 4.18. The van der Waals surface area contributed by atoms with Crippen molar-refractivity contribution < 1.29 is 9.59 Å². The predicted octanol–water partition coefficient (Wildman–Crippen LogP) is 1.22. The zero-order valence-electron chi connectivity index (χ0n) is 10.2. The fourth-order valence-electron chi connectivity index (χ4n) is 2.82. The van der Waals surface area contributed by atoms with Crippen molar-refractivity contribution in [2.75, 3.05) is 6.54 Å². The first-order chi connectivity index (χ1) is 8.22. The van der Waals surface area contributed by atoms with Crippen LogP contribution in [0.25, 0.3) is 0 Å². The number of carbonyl (C=O) groups is 2. The molecule has 2 aliphatic rings. The topological polar surface area (TPSA) is 49.4 Å². The van der Waals surface area contributed by atoms with Crippen LogP contribution >= 0.6 is 0 Å². The first-order valence-electron chi connectivity index (χ1n) is 6.46. The van der Waals surface area contributed by atoms with Gasteiger partial charge in [-0.25, -0.2) is 0 Å². The van der Waals surface area contributed by atoms with Crippen molar-refractivity contribution in [3.63, 3.8) is 0 Å². The first kappa shape index (κ1) is 12.1. The summed E-state index contributed by atoms with van der Waals surface area (Å²) in [6.07, 6.45) is 7.92. The molecule has 0 aromatic rings. The third-order valence-corrected chi connectivity index (χ3v) is 3.76. The minimum Gasteiger partial charge on any atom is -0.341 e. The van der Waals surface area contributed by atoms with Crippen LogP contribution in [0.5, 0.6) is 0 Å². The predicted molar refractivity (Wildman–Crippen MR) is 65.3 cm³/mol. The van der Waals surface area contributed by atoms with E-state index >= 15 is 0 Å². The number of likely N-dealkylation sites (tertiary alicyclic amines) is 1. The molecule has 0 aromatic heterocycles. The standard InChI is InChI=1S/C13H20N2O2/c1-2-12(16)14-11-8-9-15(13(11)17)10-6-4-3-5-7-10/h2,10-11H,1,3-9H2,(H,14,16). The van der Waals surface area contributed by atoms with Crippen molar-refractivity contribution in [3.05, 3.63) is 12.7 Å². The third-order valence-electron chi connectivity index (χ3n) is 3.76. The van der Waals surface area contributed by atoms with E-state index in [2.05, 4.69) is 11.9 Å². The number of rotatable bonds is 3. The molecular weight excluding hydrogens is 216 g/mol. The van der Waals surface area contributed by atoms with Crippen LogP contribution in [0.3, 0.4) is 0 Å². The quantitative estimate of drug-likeness (QED) is 0.749. The second kappa shape index (κ2) is 5.34. The third kappa shape index (κ3) is 2.68. The minimum absolute atomic E-state index is 0.0899. The summed E-state index contributed by atoms with van der Waals surface area (Å²) in [7, 11) is 0. The molecule has 1 atom stereocenters. The van der Waals surface area contributed by atoms with Crippen molar-refractivity contribution in [3.8, 4) is 0 Å². The van der Waals surface area contributed by atoms with E-state index in [1.165, 1.54) is 25.3 Å². The van der Waals surface area contributed by atoms with E-state index in [0.717, 1.165) is 25.8 Å². The van der Waals surface area contributed by atoms with Crippen LogP contribution < -0.4 is 5.32 Å². The van der Waals surface area contributed by atoms with E-state index in [-0.39, 0.29) is 17.9 Å². The van der Waals surface area contributed by atoms with E-state index < -0.39 is 0 Å². The lowest BCUT2D eigenvalue weighted by atomic mass is 9.94. The van der Waals surface area contributed by atoms with Crippen LogP contribution in [0, 0.1) is 0 Å². The summed E-state index contributed by atoms with van der Waals surface area (Å²) in [4.78, 5) is 25.3. The molecule has 17 heavy (non-hydrogen) atoms. The molecule has 4 nitrogen and oxygen atoms in total. The van der Waals surface area contributed by atoms with Gasteiger partial charge in [-0.2, -0.15) is 0 Å². The molecule has 0 aromatic carbocycles. The highest BCUT2D eigenvalue weighted by Crippen LogP contribution is 2.26. The molecule has 94 valence electrons. The molecule has 1 aliphatic carbocycles. The van der Waals surface area contributed by atoms with Crippen LogP contribution in [0.15, 0.2) is 12.7 Å². The zero-order chi connectivity index (χ0) is 12.3. The molecule has 2 amide bonds. The Morgan fingerprint density at radius 1 is 1.29 bits per heavy atom. The molecule has 0 spiro atoms. The van der Waals surface area contributed by atoms with Crippen molar-refractivity contribution in [2.24, 2.45) is 0 Å². The van der Waals surface area contributed by atoms with E-state index in [9.17, 15) is 9.59 Å². The summed E-state index contributed by atoms with van der Waals surface area (Å²) in [5, 5.41) is 2.70. The molecule has 1 N–H and O–H groups in total. The molecule has 1 saturated carbocycles. The average Bonchev–Trinajstić information content (AvgIpc) is 2.72. The molecule has 4 heteroatoms. The number of nitrogens with one attached hydrogen (secondary N) is 1. The van der Waals surface area contributed by atoms with Crippen LogP contribution in [0.1, 0.15) is 38.5 Å². The van der Waals surface area contributed by atoms with Crippen LogP contribution in [0.2, 0.25) is 0 Å². The van der Waals surface area contributed by atoms with Gasteiger partial charge in [0.15, 0.2) is 0 Å². The van der Waals surface area contributed by atoms with Gasteiger partial charge in [0.05, 0.1) is 0 Å². The Balaban J connectivity index is 1.92. The Labute approximate surface area is 102 Å². The monoisotopic (exact) mass is 236 g/mol. The fourth-order valence-corrected chi connectivity index (χ4v) is 2.82. The van der Waals surface area contributed by atoms with E-state index in [0.29, 0.717) is 6.04 Å². The van der Waals surface area contributed by atoms with Gasteiger partial charge in [-0.3, -0.25) is 9.59 Å². The van der Waals surface area contributed by atoms with Crippen molar-refractivity contribution in [1.82, 2.24) is 10.2 Å². The lowest BCUT2D eigenvalue weighted by molar-refractivity contribution is -0.133. The summed E-state index contributed by atoms with van der Waals surface area (Å²) in [5.41, 5.74) is 0. The number of hydrogen-bond donors (Lipinski definition) is 1. The lowest BCUT2D eigenvalue weighted by Gasteiger charge is -2.31. The van der Waals surface area contributed by atoms with Gasteiger partial charge in [0.1, 0.15) is 6.04 Å². The largest absolute Gasteiger partial charge is 0.341 e. The summed E-state index contributed by atoms with van der Waals surface area (Å²) < 4.78 is 0. The minimum atomic E-state index is -0.331. The van der Waals surface area contributed by atoms with Gasteiger partial charge < -0.3 is 10.2 Å². The Morgan fingerprint density at radius 2 is 2.00 bits per heavy atom. The second-order valence-corrected chi connectivity index (χ2v) is 4.88. The van der Waals surface area contributed by atoms with Crippen LogP contribution in [-0.2, 0) is 9.59 Å². The van der Waals surface area contributed by atoms with Gasteiger partial charge in [0.2, 0.25) is 11.8 Å². The molecule has 1 unspecified atom stereocenters. The highest BCUT2D eigenvalue weighted by Gasteiger charge is 2.36. The molecule has 1 heterocycles. The number of hydrogen-bond acceptors (Lipinski definition) is 2. The van der Waals surface area contributed by atoms with Gasteiger partial charge in [-0.1, -0.05) is 25.8 Å². The number of carbonyl (C=O) groups excluding carboxylic acids is 2. The number of amides is 2. The Kier molecular flexibility index (Phi) is 3.82. The molecule has 1 saturated heterocycles. The summed E-state index contributed by atoms with van der Waals surface area (Å²) >= 11 is 0. The highest BCUT2D eigenvalue weighted by molar-refractivity contribution is 5.93. The smallest absolute Gasteiger partial charge is 0.245 e. The van der Waals surface area contributed by atoms with Crippen molar-refractivity contribution in [1.29, 1.82) is 0 Å². The van der Waals surface area contributed by atoms with Crippen molar-refractivity contribution >= 4 is 11.8 Å². The van der Waals surface area contributed by atoms with Crippen molar-refractivity contribution in [2.45, 2.75) is 50.6 Å². The van der Waals surface area contributed by atoms with Gasteiger partial charge in [-0.05, 0) is 25.3 Å². The Bertz CT molecular complexity index is 321. The van der Waals surface area contributed by atoms with Gasteiger partial charge in [0, 0.05) is 12.6 Å². The van der Waals surface area contributed by atoms with E-state index in [4.69, 9.17) is 0 Å². The Morgan fingerprint density at radius 3 is 2.65 bits per heavy atom. The molecular formula is C13H20N2O2. The van der Waals surface area contributed by atoms with Gasteiger partial charge in [-0.15, -0.1) is 0 Å². The maximum Gasteiger partial charge on any atom is 0.245 e. The Hall–Kier alpha value is -1.32. The van der Waals surface area contributed by atoms with E-state index in [1.54, 1.807) is 0 Å². The molecule has 0 radical (unpaired) electrons. The summed E-state index contributed by atoms with van der Waals surface area (Å²) in [6, 6.07) is 0.0734. The molecule has 2 fully saturated rings. The van der Waals surface area contributed by atoms with Gasteiger partial charge in [0.25, 0.3) is 0 Å². The van der Waals surface area contributed by atoms with Gasteiger partial charge >= 0.3 is 0 Å². The SMILES string of the molecule is C=CC(=O)NC1CCN(C2CCCCC2)C1=O. The van der Waals surface area contributed by atoms with E-state index in [1.807, 2.05) is 4.90 Å². The zero-order valence-corrected chi connectivity index (χ0v) is 10.2.